The molecule has 0 radical (unpaired) electrons. The van der Waals surface area contributed by atoms with E-state index in [4.69, 9.17) is 11.6 Å². The highest BCUT2D eigenvalue weighted by atomic mass is 35.5. The maximum Gasteiger partial charge on any atom is 0.257 e. The number of pyridine rings is 1. The van der Waals surface area contributed by atoms with Crippen molar-refractivity contribution in [2.75, 3.05) is 31.1 Å². The van der Waals surface area contributed by atoms with Crippen molar-refractivity contribution in [3.63, 3.8) is 0 Å². The van der Waals surface area contributed by atoms with Gasteiger partial charge in [0.05, 0.1) is 18.3 Å². The second-order valence-electron chi connectivity index (χ2n) is 6.50. The Bertz CT molecular complexity index is 919. The maximum atomic E-state index is 12.8. The first-order valence-corrected chi connectivity index (χ1v) is 9.28. The number of hydrogen-bond acceptors (Lipinski definition) is 4. The van der Waals surface area contributed by atoms with Gasteiger partial charge in [0, 0.05) is 55.5 Å². The van der Waals surface area contributed by atoms with E-state index in [0.29, 0.717) is 30.2 Å². The van der Waals surface area contributed by atoms with Crippen LogP contribution in [-0.2, 0) is 6.54 Å². The van der Waals surface area contributed by atoms with Crippen LogP contribution in [0.4, 0.5) is 5.69 Å². The van der Waals surface area contributed by atoms with Crippen LogP contribution in [0.3, 0.4) is 0 Å². The number of halogens is 1. The molecule has 27 heavy (non-hydrogen) atoms. The van der Waals surface area contributed by atoms with Gasteiger partial charge in [-0.2, -0.15) is 5.10 Å². The van der Waals surface area contributed by atoms with Gasteiger partial charge in [-0.15, -0.1) is 0 Å². The molecule has 1 aromatic carbocycles. The van der Waals surface area contributed by atoms with Crippen LogP contribution in [-0.4, -0.2) is 51.8 Å². The lowest BCUT2D eigenvalue weighted by atomic mass is 10.2. The molecule has 0 spiro atoms. The summed E-state index contributed by atoms with van der Waals surface area (Å²) in [6.45, 7) is 3.55. The molecule has 1 fully saturated rings. The van der Waals surface area contributed by atoms with Crippen molar-refractivity contribution in [3.05, 3.63) is 77.3 Å². The number of anilines is 1. The van der Waals surface area contributed by atoms with E-state index in [2.05, 4.69) is 15.0 Å². The van der Waals surface area contributed by atoms with E-state index in [1.165, 1.54) is 0 Å². The minimum Gasteiger partial charge on any atom is -0.368 e. The van der Waals surface area contributed by atoms with E-state index < -0.39 is 0 Å². The number of aromatic nitrogens is 3. The third-order valence-electron chi connectivity index (χ3n) is 4.77. The van der Waals surface area contributed by atoms with Crippen LogP contribution < -0.4 is 4.90 Å². The summed E-state index contributed by atoms with van der Waals surface area (Å²) >= 11 is 6.20. The summed E-state index contributed by atoms with van der Waals surface area (Å²) in [6, 6.07) is 11.7. The monoisotopic (exact) mass is 381 g/mol. The number of benzene rings is 1. The first-order chi connectivity index (χ1) is 13.2. The van der Waals surface area contributed by atoms with Gasteiger partial charge in [0.15, 0.2) is 0 Å². The summed E-state index contributed by atoms with van der Waals surface area (Å²) < 4.78 is 1.75. The fraction of sp³-hybridized carbons (Fsp3) is 0.250. The van der Waals surface area contributed by atoms with Crippen molar-refractivity contribution in [3.8, 4) is 0 Å². The molecule has 3 heterocycles. The van der Waals surface area contributed by atoms with Crippen molar-refractivity contribution < 1.29 is 4.79 Å². The zero-order chi connectivity index (χ0) is 18.6. The topological polar surface area (TPSA) is 54.3 Å². The zero-order valence-corrected chi connectivity index (χ0v) is 15.6. The lowest BCUT2D eigenvalue weighted by molar-refractivity contribution is 0.0746. The molecular weight excluding hydrogens is 362 g/mol. The average molecular weight is 382 g/mol. The molecule has 0 N–H and O–H groups in total. The molecule has 1 amide bonds. The summed E-state index contributed by atoms with van der Waals surface area (Å²) in [6.07, 6.45) is 7.01. The number of rotatable bonds is 4. The molecular formula is C20H20ClN5O. The van der Waals surface area contributed by atoms with Gasteiger partial charge in [-0.25, -0.2) is 0 Å². The number of hydrogen-bond donors (Lipinski definition) is 0. The minimum absolute atomic E-state index is 0.0230. The summed E-state index contributed by atoms with van der Waals surface area (Å²) in [5.74, 6) is 0.0230. The fourth-order valence-electron chi connectivity index (χ4n) is 3.27. The summed E-state index contributed by atoms with van der Waals surface area (Å²) in [7, 11) is 0. The second-order valence-corrected chi connectivity index (χ2v) is 6.91. The van der Waals surface area contributed by atoms with Gasteiger partial charge in [0.2, 0.25) is 0 Å². The van der Waals surface area contributed by atoms with Gasteiger partial charge >= 0.3 is 0 Å². The standard InChI is InChI=1S/C20H20ClN5O/c21-19-4-2-1-3-16(19)14-26-15-17(13-23-26)20(27)25-11-9-24(10-12-25)18-5-7-22-8-6-18/h1-8,13,15H,9-12,14H2. The minimum atomic E-state index is 0.0230. The van der Waals surface area contributed by atoms with Crippen LogP contribution >= 0.6 is 11.6 Å². The van der Waals surface area contributed by atoms with E-state index >= 15 is 0 Å². The Morgan fingerprint density at radius 3 is 2.52 bits per heavy atom. The van der Waals surface area contributed by atoms with Crippen molar-refractivity contribution in [2.24, 2.45) is 0 Å². The molecule has 138 valence electrons. The molecule has 1 aliphatic rings. The summed E-state index contributed by atoms with van der Waals surface area (Å²) in [5, 5.41) is 5.03. The molecule has 0 aliphatic carbocycles. The highest BCUT2D eigenvalue weighted by Crippen LogP contribution is 2.18. The van der Waals surface area contributed by atoms with E-state index in [1.54, 1.807) is 29.5 Å². The Kier molecular flexibility index (Phi) is 5.07. The Labute approximate surface area is 163 Å². The molecule has 0 atom stereocenters. The highest BCUT2D eigenvalue weighted by molar-refractivity contribution is 6.31. The van der Waals surface area contributed by atoms with Crippen molar-refractivity contribution in [1.29, 1.82) is 0 Å². The van der Waals surface area contributed by atoms with Gasteiger partial charge in [-0.1, -0.05) is 29.8 Å². The van der Waals surface area contributed by atoms with Crippen LogP contribution in [0, 0.1) is 0 Å². The van der Waals surface area contributed by atoms with Crippen LogP contribution in [0.15, 0.2) is 61.2 Å². The maximum absolute atomic E-state index is 12.8. The molecule has 6 nitrogen and oxygen atoms in total. The quantitative estimate of drug-likeness (QED) is 0.697. The second kappa shape index (κ2) is 7.80. The molecule has 3 aromatic rings. The van der Waals surface area contributed by atoms with Crippen LogP contribution in [0.1, 0.15) is 15.9 Å². The molecule has 4 rings (SSSR count). The van der Waals surface area contributed by atoms with Gasteiger partial charge in [0.1, 0.15) is 0 Å². The Hall–Kier alpha value is -2.86. The summed E-state index contributed by atoms with van der Waals surface area (Å²) in [5.41, 5.74) is 2.73. The van der Waals surface area contributed by atoms with E-state index in [-0.39, 0.29) is 5.91 Å². The number of nitrogens with zero attached hydrogens (tertiary/aromatic N) is 5. The van der Waals surface area contributed by atoms with Crippen molar-refractivity contribution in [1.82, 2.24) is 19.7 Å². The lowest BCUT2D eigenvalue weighted by Gasteiger charge is -2.35. The number of carbonyl (C=O) groups excluding carboxylic acids is 1. The first kappa shape index (κ1) is 17.5. The smallest absolute Gasteiger partial charge is 0.257 e. The van der Waals surface area contributed by atoms with Crippen LogP contribution in [0.25, 0.3) is 0 Å². The molecule has 0 unspecified atom stereocenters. The Morgan fingerprint density at radius 2 is 1.78 bits per heavy atom. The molecule has 2 aromatic heterocycles. The van der Waals surface area contributed by atoms with Gasteiger partial charge < -0.3 is 9.80 Å². The highest BCUT2D eigenvalue weighted by Gasteiger charge is 2.23. The Morgan fingerprint density at radius 1 is 1.04 bits per heavy atom. The predicted molar refractivity (Wildman–Crippen MR) is 105 cm³/mol. The summed E-state index contributed by atoms with van der Waals surface area (Å²) in [4.78, 5) is 21.0. The van der Waals surface area contributed by atoms with Gasteiger partial charge in [-0.3, -0.25) is 14.5 Å². The normalized spacial score (nSPS) is 14.4. The molecule has 7 heteroatoms. The Balaban J connectivity index is 1.38. The van der Waals surface area contributed by atoms with Crippen LogP contribution in [0.5, 0.6) is 0 Å². The third-order valence-corrected chi connectivity index (χ3v) is 5.13. The largest absolute Gasteiger partial charge is 0.368 e. The van der Waals surface area contributed by atoms with Gasteiger partial charge in [-0.05, 0) is 23.8 Å². The van der Waals surface area contributed by atoms with E-state index in [1.807, 2.05) is 41.3 Å². The molecule has 0 bridgehead atoms. The van der Waals surface area contributed by atoms with Gasteiger partial charge in [0.25, 0.3) is 5.91 Å². The van der Waals surface area contributed by atoms with Crippen LogP contribution in [0.2, 0.25) is 5.02 Å². The predicted octanol–water partition coefficient (Wildman–Crippen LogP) is 2.94. The molecule has 1 saturated heterocycles. The zero-order valence-electron chi connectivity index (χ0n) is 14.8. The van der Waals surface area contributed by atoms with Crippen molar-refractivity contribution >= 4 is 23.2 Å². The lowest BCUT2D eigenvalue weighted by Crippen LogP contribution is -2.48. The van der Waals surface area contributed by atoms with E-state index in [0.717, 1.165) is 24.3 Å². The number of carbonyl (C=O) groups is 1. The fourth-order valence-corrected chi connectivity index (χ4v) is 3.46. The SMILES string of the molecule is O=C(c1cnn(Cc2ccccc2Cl)c1)N1CCN(c2ccncc2)CC1. The number of amides is 1. The van der Waals surface area contributed by atoms with Crippen molar-refractivity contribution in [2.45, 2.75) is 6.54 Å². The third kappa shape index (κ3) is 3.95. The first-order valence-electron chi connectivity index (χ1n) is 8.91. The van der Waals surface area contributed by atoms with E-state index in [9.17, 15) is 4.79 Å². The molecule has 0 saturated carbocycles. The number of piperazine rings is 1. The molecule has 1 aliphatic heterocycles. The average Bonchev–Trinajstić information content (AvgIpc) is 3.18.